The maximum Gasteiger partial charge on any atom is 0.0890 e. The summed E-state index contributed by atoms with van der Waals surface area (Å²) < 4.78 is 0. The number of hydrogen-bond acceptors (Lipinski definition) is 2. The average Bonchev–Trinajstić information content (AvgIpc) is 2.38. The highest BCUT2D eigenvalue weighted by Crippen LogP contribution is 2.05. The number of nitrogens with zero attached hydrogens (tertiary/aromatic N) is 3. The van der Waals surface area contributed by atoms with Crippen LogP contribution in [0.5, 0.6) is 0 Å². The monoisotopic (exact) mass is 263 g/mol. The van der Waals surface area contributed by atoms with Gasteiger partial charge in [-0.1, -0.05) is 24.8 Å². The number of aliphatic imine (C=N–C) groups is 1. The quantitative estimate of drug-likeness (QED) is 0.359. The maximum atomic E-state index is 4.33. The maximum absolute atomic E-state index is 4.33. The fraction of sp³-hybridized carbons (Fsp3) is 0.562. The molecule has 0 rings (SSSR count). The Kier molecular flexibility index (Phi) is 9.59. The van der Waals surface area contributed by atoms with Gasteiger partial charge < -0.3 is 9.80 Å². The van der Waals surface area contributed by atoms with E-state index in [1.807, 2.05) is 36.6 Å². The smallest absolute Gasteiger partial charge is 0.0890 e. The summed E-state index contributed by atoms with van der Waals surface area (Å²) in [6.45, 7) is 10.0. The van der Waals surface area contributed by atoms with Crippen LogP contribution in [0.4, 0.5) is 0 Å². The Morgan fingerprint density at radius 2 is 1.84 bits per heavy atom. The predicted octanol–water partition coefficient (Wildman–Crippen LogP) is 3.67. The Morgan fingerprint density at radius 1 is 1.16 bits per heavy atom. The third-order valence-corrected chi connectivity index (χ3v) is 2.80. The van der Waals surface area contributed by atoms with Crippen LogP contribution in [-0.4, -0.2) is 42.3 Å². The van der Waals surface area contributed by atoms with Gasteiger partial charge in [0.2, 0.25) is 0 Å². The first-order chi connectivity index (χ1) is 8.97. The Hall–Kier alpha value is -1.51. The van der Waals surface area contributed by atoms with E-state index in [-0.39, 0.29) is 0 Å². The topological polar surface area (TPSA) is 18.8 Å². The second kappa shape index (κ2) is 10.4. The molecule has 0 aliphatic carbocycles. The Labute approximate surface area is 119 Å². The first-order valence-corrected chi connectivity index (χ1v) is 6.90. The first-order valence-electron chi connectivity index (χ1n) is 6.90. The van der Waals surface area contributed by atoms with Crippen molar-refractivity contribution in [2.75, 3.05) is 14.1 Å². The third kappa shape index (κ3) is 10.1. The predicted molar refractivity (Wildman–Crippen MR) is 86.3 cm³/mol. The summed E-state index contributed by atoms with van der Waals surface area (Å²) in [4.78, 5) is 8.53. The van der Waals surface area contributed by atoms with E-state index in [1.165, 1.54) is 0 Å². The van der Waals surface area contributed by atoms with Crippen molar-refractivity contribution >= 4 is 6.34 Å². The third-order valence-electron chi connectivity index (χ3n) is 2.80. The van der Waals surface area contributed by atoms with E-state index in [0.29, 0.717) is 12.1 Å². The second-order valence-corrected chi connectivity index (χ2v) is 5.08. The van der Waals surface area contributed by atoms with Crippen LogP contribution in [0.15, 0.2) is 42.2 Å². The van der Waals surface area contributed by atoms with Crippen LogP contribution < -0.4 is 0 Å². The molecule has 0 amide bonds. The molecule has 0 aromatic heterocycles. The molecule has 0 aromatic rings. The van der Waals surface area contributed by atoms with E-state index >= 15 is 0 Å². The summed E-state index contributed by atoms with van der Waals surface area (Å²) in [5.74, 6) is 0. The van der Waals surface area contributed by atoms with Crippen LogP contribution in [0, 0.1) is 0 Å². The standard InChI is InChI=1S/C16H29N3/c1-7-8-9-10-11-16(4)19(6)13-12-18(5)14-17-15(2)3/h7-9,12-16H,1,10-11H2,2-6H3/b9-8?,13-12-,17-14?. The van der Waals surface area contributed by atoms with Gasteiger partial charge >= 0.3 is 0 Å². The lowest BCUT2D eigenvalue weighted by Crippen LogP contribution is -2.24. The first kappa shape index (κ1) is 17.5. The van der Waals surface area contributed by atoms with E-state index in [0.717, 1.165) is 12.8 Å². The van der Waals surface area contributed by atoms with Crippen molar-refractivity contribution in [1.29, 1.82) is 0 Å². The zero-order valence-electron chi connectivity index (χ0n) is 13.1. The van der Waals surface area contributed by atoms with E-state index in [9.17, 15) is 0 Å². The average molecular weight is 263 g/mol. The van der Waals surface area contributed by atoms with E-state index in [2.05, 4.69) is 56.6 Å². The van der Waals surface area contributed by atoms with Crippen molar-refractivity contribution in [3.8, 4) is 0 Å². The summed E-state index contributed by atoms with van der Waals surface area (Å²) in [5, 5.41) is 0. The van der Waals surface area contributed by atoms with Gasteiger partial charge in [0, 0.05) is 38.6 Å². The molecule has 3 nitrogen and oxygen atoms in total. The van der Waals surface area contributed by atoms with Crippen LogP contribution in [0.25, 0.3) is 0 Å². The minimum absolute atomic E-state index is 0.337. The van der Waals surface area contributed by atoms with Crippen LogP contribution in [0.3, 0.4) is 0 Å². The molecule has 0 saturated carbocycles. The SMILES string of the molecule is C=CC=CCCC(C)N(C)/C=C\N(C)C=NC(C)C. The summed E-state index contributed by atoms with van der Waals surface area (Å²) in [5.41, 5.74) is 0. The van der Waals surface area contributed by atoms with Gasteiger partial charge in [0.05, 0.1) is 6.34 Å². The van der Waals surface area contributed by atoms with Gasteiger partial charge in [0.1, 0.15) is 0 Å². The van der Waals surface area contributed by atoms with Crippen molar-refractivity contribution in [2.45, 2.75) is 45.7 Å². The number of allylic oxidation sites excluding steroid dienone is 3. The fourth-order valence-corrected chi connectivity index (χ4v) is 1.37. The van der Waals surface area contributed by atoms with Crippen LogP contribution in [0.1, 0.15) is 33.6 Å². The molecule has 0 aliphatic heterocycles. The molecule has 1 unspecified atom stereocenters. The molecule has 0 bridgehead atoms. The molecule has 0 aliphatic rings. The summed E-state index contributed by atoms with van der Waals surface area (Å²) in [6, 6.07) is 0.852. The Balaban J connectivity index is 4.09. The largest absolute Gasteiger partial charge is 0.377 e. The summed E-state index contributed by atoms with van der Waals surface area (Å²) >= 11 is 0. The van der Waals surface area contributed by atoms with Gasteiger partial charge in [-0.05, 0) is 33.6 Å². The highest BCUT2D eigenvalue weighted by molar-refractivity contribution is 5.56. The van der Waals surface area contributed by atoms with E-state index in [1.54, 1.807) is 0 Å². The summed E-state index contributed by atoms with van der Waals surface area (Å²) in [6.07, 6.45) is 14.2. The van der Waals surface area contributed by atoms with Crippen molar-refractivity contribution < 1.29 is 0 Å². The molecule has 0 aromatic carbocycles. The lowest BCUT2D eigenvalue weighted by atomic mass is 10.1. The Bertz CT molecular complexity index is 316. The van der Waals surface area contributed by atoms with Crippen LogP contribution in [0.2, 0.25) is 0 Å². The molecule has 108 valence electrons. The lowest BCUT2D eigenvalue weighted by molar-refractivity contribution is 0.332. The van der Waals surface area contributed by atoms with Gasteiger partial charge in [-0.2, -0.15) is 0 Å². The highest BCUT2D eigenvalue weighted by Gasteiger charge is 2.03. The second-order valence-electron chi connectivity index (χ2n) is 5.08. The number of rotatable bonds is 9. The lowest BCUT2D eigenvalue weighted by Gasteiger charge is -2.23. The van der Waals surface area contributed by atoms with Crippen LogP contribution in [-0.2, 0) is 0 Å². The van der Waals surface area contributed by atoms with Crippen molar-refractivity contribution in [3.05, 3.63) is 37.2 Å². The van der Waals surface area contributed by atoms with E-state index < -0.39 is 0 Å². The van der Waals surface area contributed by atoms with Crippen molar-refractivity contribution in [3.63, 3.8) is 0 Å². The van der Waals surface area contributed by atoms with Crippen molar-refractivity contribution in [1.82, 2.24) is 9.80 Å². The zero-order valence-corrected chi connectivity index (χ0v) is 13.1. The highest BCUT2D eigenvalue weighted by atomic mass is 15.2. The van der Waals surface area contributed by atoms with Crippen LogP contribution >= 0.6 is 0 Å². The van der Waals surface area contributed by atoms with Gasteiger partial charge in [-0.15, -0.1) is 0 Å². The van der Waals surface area contributed by atoms with Gasteiger partial charge in [0.15, 0.2) is 0 Å². The fourth-order valence-electron chi connectivity index (χ4n) is 1.37. The molecule has 0 N–H and O–H groups in total. The molecule has 0 spiro atoms. The van der Waals surface area contributed by atoms with E-state index in [4.69, 9.17) is 0 Å². The minimum atomic E-state index is 0.337. The Morgan fingerprint density at radius 3 is 2.42 bits per heavy atom. The normalized spacial score (nSPS) is 13.8. The van der Waals surface area contributed by atoms with Gasteiger partial charge in [0.25, 0.3) is 0 Å². The molecule has 0 radical (unpaired) electrons. The minimum Gasteiger partial charge on any atom is -0.377 e. The molecule has 19 heavy (non-hydrogen) atoms. The number of hydrogen-bond donors (Lipinski definition) is 0. The van der Waals surface area contributed by atoms with Gasteiger partial charge in [-0.3, -0.25) is 4.99 Å². The molecular formula is C16H29N3. The zero-order chi connectivity index (χ0) is 14.7. The molecule has 0 fully saturated rings. The molecule has 0 saturated heterocycles. The van der Waals surface area contributed by atoms with Crippen molar-refractivity contribution in [2.24, 2.45) is 4.99 Å². The molecule has 3 heteroatoms. The summed E-state index contributed by atoms with van der Waals surface area (Å²) in [7, 11) is 4.10. The molecular weight excluding hydrogens is 234 g/mol. The van der Waals surface area contributed by atoms with Gasteiger partial charge in [-0.25, -0.2) is 0 Å². The molecule has 1 atom stereocenters. The molecule has 0 heterocycles.